The Morgan fingerprint density at radius 3 is 2.80 bits per heavy atom. The molecule has 3 fully saturated rings. The molecule has 86 valence electrons. The minimum Gasteiger partial charge on any atom is -0.316 e. The Kier molecular flexibility index (Phi) is 2.52. The molecule has 1 N–H and O–H groups in total. The monoisotopic (exact) mass is 208 g/mol. The molecule has 0 aromatic heterocycles. The third-order valence-corrected chi connectivity index (χ3v) is 4.66. The van der Waals surface area contributed by atoms with Crippen molar-refractivity contribution in [1.29, 1.82) is 0 Å². The van der Waals surface area contributed by atoms with Crippen LogP contribution in [-0.4, -0.2) is 37.6 Å². The minimum absolute atomic E-state index is 0.568. The number of hydrogen-bond acceptors (Lipinski definition) is 2. The first-order valence-electron chi connectivity index (χ1n) is 6.68. The highest BCUT2D eigenvalue weighted by molar-refractivity contribution is 4.92. The number of rotatable bonds is 3. The topological polar surface area (TPSA) is 15.3 Å². The molecular weight excluding hydrogens is 184 g/mol. The zero-order chi connectivity index (χ0) is 10.3. The van der Waals surface area contributed by atoms with Gasteiger partial charge in [-0.1, -0.05) is 6.92 Å². The predicted molar refractivity (Wildman–Crippen MR) is 62.9 cm³/mol. The Morgan fingerprint density at radius 1 is 1.27 bits per heavy atom. The van der Waals surface area contributed by atoms with Crippen LogP contribution in [0.4, 0.5) is 0 Å². The molecule has 15 heavy (non-hydrogen) atoms. The van der Waals surface area contributed by atoms with Gasteiger partial charge in [0.15, 0.2) is 0 Å². The lowest BCUT2D eigenvalue weighted by Gasteiger charge is -2.29. The molecule has 0 aromatic carbocycles. The molecule has 0 amide bonds. The molecule has 0 spiro atoms. The van der Waals surface area contributed by atoms with Crippen molar-refractivity contribution in [2.24, 2.45) is 17.3 Å². The predicted octanol–water partition coefficient (Wildman–Crippen LogP) is 1.72. The molecule has 2 heteroatoms. The summed E-state index contributed by atoms with van der Waals surface area (Å²) in [6.45, 7) is 9.03. The second-order valence-corrected chi connectivity index (χ2v) is 6.36. The van der Waals surface area contributed by atoms with E-state index in [0.717, 1.165) is 11.8 Å². The van der Waals surface area contributed by atoms with Crippen molar-refractivity contribution in [3.8, 4) is 0 Å². The quantitative estimate of drug-likeness (QED) is 0.759. The number of nitrogens with zero attached hydrogens (tertiary/aromatic N) is 1. The summed E-state index contributed by atoms with van der Waals surface area (Å²) in [4.78, 5) is 2.73. The molecule has 0 aromatic rings. The highest BCUT2D eigenvalue weighted by Gasteiger charge is 2.38. The zero-order valence-electron chi connectivity index (χ0n) is 9.97. The van der Waals surface area contributed by atoms with Gasteiger partial charge in [0.05, 0.1) is 0 Å². The average molecular weight is 208 g/mol. The van der Waals surface area contributed by atoms with Gasteiger partial charge in [-0.05, 0) is 56.0 Å². The molecule has 2 unspecified atom stereocenters. The maximum Gasteiger partial charge on any atom is 0.00481 e. The standard InChI is InChI=1S/C13H24N2/c1-13(5-6-14-9-13)10-15-7-4-12(8-15)11-2-3-11/h11-12,14H,2-10H2,1H3. The number of hydrogen-bond donors (Lipinski definition) is 1. The van der Waals surface area contributed by atoms with Crippen molar-refractivity contribution in [2.45, 2.75) is 32.6 Å². The van der Waals surface area contributed by atoms with Gasteiger partial charge in [0.1, 0.15) is 0 Å². The zero-order valence-corrected chi connectivity index (χ0v) is 9.97. The van der Waals surface area contributed by atoms with E-state index in [4.69, 9.17) is 0 Å². The van der Waals surface area contributed by atoms with E-state index in [1.54, 1.807) is 0 Å². The van der Waals surface area contributed by atoms with E-state index < -0.39 is 0 Å². The van der Waals surface area contributed by atoms with Gasteiger partial charge < -0.3 is 10.2 Å². The molecule has 1 aliphatic carbocycles. The van der Waals surface area contributed by atoms with Gasteiger partial charge >= 0.3 is 0 Å². The Hall–Kier alpha value is -0.0800. The smallest absolute Gasteiger partial charge is 0.00481 e. The SMILES string of the molecule is CC1(CN2CCC(C3CC3)C2)CCNC1. The van der Waals surface area contributed by atoms with Gasteiger partial charge in [0.2, 0.25) is 0 Å². The van der Waals surface area contributed by atoms with Crippen LogP contribution in [0.5, 0.6) is 0 Å². The van der Waals surface area contributed by atoms with Gasteiger partial charge in [-0.15, -0.1) is 0 Å². The molecule has 3 aliphatic rings. The highest BCUT2D eigenvalue weighted by Crippen LogP contribution is 2.42. The van der Waals surface area contributed by atoms with Gasteiger partial charge in [0.25, 0.3) is 0 Å². The fourth-order valence-corrected chi connectivity index (χ4v) is 3.50. The van der Waals surface area contributed by atoms with Crippen LogP contribution in [0.3, 0.4) is 0 Å². The van der Waals surface area contributed by atoms with E-state index in [-0.39, 0.29) is 0 Å². The summed E-state index contributed by atoms with van der Waals surface area (Å²) in [5, 5.41) is 3.51. The molecule has 2 aliphatic heterocycles. The summed E-state index contributed by atoms with van der Waals surface area (Å²) < 4.78 is 0. The number of nitrogens with one attached hydrogen (secondary N) is 1. The van der Waals surface area contributed by atoms with Gasteiger partial charge in [-0.25, -0.2) is 0 Å². The third kappa shape index (κ3) is 2.21. The fraction of sp³-hybridized carbons (Fsp3) is 1.00. The van der Waals surface area contributed by atoms with Crippen molar-refractivity contribution in [1.82, 2.24) is 10.2 Å². The van der Waals surface area contributed by atoms with Crippen LogP contribution in [0.1, 0.15) is 32.6 Å². The highest BCUT2D eigenvalue weighted by atomic mass is 15.2. The minimum atomic E-state index is 0.568. The second-order valence-electron chi connectivity index (χ2n) is 6.36. The summed E-state index contributed by atoms with van der Waals surface area (Å²) in [7, 11) is 0. The molecular formula is C13H24N2. The van der Waals surface area contributed by atoms with E-state index in [2.05, 4.69) is 17.1 Å². The summed E-state index contributed by atoms with van der Waals surface area (Å²) in [6.07, 6.45) is 5.90. The van der Waals surface area contributed by atoms with Crippen molar-refractivity contribution < 1.29 is 0 Å². The first kappa shape index (κ1) is 10.1. The van der Waals surface area contributed by atoms with Crippen LogP contribution in [0.2, 0.25) is 0 Å². The normalized spacial score (nSPS) is 42.6. The van der Waals surface area contributed by atoms with Crippen molar-refractivity contribution in [2.75, 3.05) is 32.7 Å². The first-order valence-corrected chi connectivity index (χ1v) is 6.68. The van der Waals surface area contributed by atoms with Crippen LogP contribution in [0.25, 0.3) is 0 Å². The van der Waals surface area contributed by atoms with Crippen LogP contribution in [-0.2, 0) is 0 Å². The van der Waals surface area contributed by atoms with Gasteiger partial charge in [0, 0.05) is 19.6 Å². The van der Waals surface area contributed by atoms with Gasteiger partial charge in [-0.3, -0.25) is 0 Å². The molecule has 2 nitrogen and oxygen atoms in total. The Balaban J connectivity index is 1.51. The molecule has 2 heterocycles. The lowest BCUT2D eigenvalue weighted by Crippen LogP contribution is -2.36. The fourth-order valence-electron chi connectivity index (χ4n) is 3.50. The molecule has 0 radical (unpaired) electrons. The Bertz CT molecular complexity index is 229. The largest absolute Gasteiger partial charge is 0.316 e. The van der Waals surface area contributed by atoms with E-state index in [1.165, 1.54) is 58.4 Å². The average Bonchev–Trinajstić information content (AvgIpc) is 2.83. The van der Waals surface area contributed by atoms with Gasteiger partial charge in [-0.2, -0.15) is 0 Å². The van der Waals surface area contributed by atoms with Crippen molar-refractivity contribution in [3.63, 3.8) is 0 Å². The lowest BCUT2D eigenvalue weighted by molar-refractivity contribution is 0.202. The van der Waals surface area contributed by atoms with E-state index >= 15 is 0 Å². The molecule has 2 atom stereocenters. The maximum absolute atomic E-state index is 3.51. The van der Waals surface area contributed by atoms with E-state index in [9.17, 15) is 0 Å². The first-order chi connectivity index (χ1) is 7.25. The van der Waals surface area contributed by atoms with Crippen LogP contribution in [0.15, 0.2) is 0 Å². The van der Waals surface area contributed by atoms with Crippen molar-refractivity contribution in [3.05, 3.63) is 0 Å². The Labute approximate surface area is 93.4 Å². The molecule has 0 bridgehead atoms. The van der Waals surface area contributed by atoms with E-state index in [1.807, 2.05) is 0 Å². The van der Waals surface area contributed by atoms with Crippen LogP contribution in [0, 0.1) is 17.3 Å². The molecule has 3 rings (SSSR count). The molecule has 1 saturated carbocycles. The summed E-state index contributed by atoms with van der Waals surface area (Å²) in [6, 6.07) is 0. The maximum atomic E-state index is 3.51. The van der Waals surface area contributed by atoms with E-state index in [0.29, 0.717) is 5.41 Å². The number of likely N-dealkylation sites (tertiary alicyclic amines) is 1. The van der Waals surface area contributed by atoms with Crippen molar-refractivity contribution >= 4 is 0 Å². The summed E-state index contributed by atoms with van der Waals surface area (Å²) >= 11 is 0. The summed E-state index contributed by atoms with van der Waals surface area (Å²) in [5.41, 5.74) is 0.568. The summed E-state index contributed by atoms with van der Waals surface area (Å²) in [5.74, 6) is 2.17. The lowest BCUT2D eigenvalue weighted by atomic mass is 9.89. The van der Waals surface area contributed by atoms with Crippen LogP contribution < -0.4 is 5.32 Å². The molecule has 2 saturated heterocycles. The third-order valence-electron chi connectivity index (χ3n) is 4.66. The Morgan fingerprint density at radius 2 is 2.13 bits per heavy atom. The van der Waals surface area contributed by atoms with Crippen LogP contribution >= 0.6 is 0 Å². The second kappa shape index (κ2) is 3.74.